The molecule has 0 saturated carbocycles. The van der Waals surface area contributed by atoms with E-state index in [1.807, 2.05) is 12.1 Å². The van der Waals surface area contributed by atoms with Gasteiger partial charge in [-0.05, 0) is 47.9 Å². The number of ether oxygens (including phenoxy) is 1. The number of rotatable bonds is 4. The first-order chi connectivity index (χ1) is 13.5. The monoisotopic (exact) mass is 430 g/mol. The molecule has 9 nitrogen and oxygen atoms in total. The standard InChI is InChI=1S/C18H10N2O7S2/c19-9-12-2-4-14(5-13(12)10-20)27-15-3-1-11-6-16(28(21,22)23)8-18(17(11)7-15)29(24,25)26/h1-8H,(H,21,22,23)(H,24,25,26). The van der Waals surface area contributed by atoms with Crippen molar-refractivity contribution in [1.29, 1.82) is 10.5 Å². The van der Waals surface area contributed by atoms with Crippen LogP contribution in [0.2, 0.25) is 0 Å². The second kappa shape index (κ2) is 7.16. The lowest BCUT2D eigenvalue weighted by molar-refractivity contribution is 0.481. The minimum atomic E-state index is -4.83. The quantitative estimate of drug-likeness (QED) is 0.592. The molecule has 11 heteroatoms. The van der Waals surface area contributed by atoms with Crippen LogP contribution in [0.4, 0.5) is 0 Å². The van der Waals surface area contributed by atoms with Crippen LogP contribution < -0.4 is 4.74 Å². The van der Waals surface area contributed by atoms with Crippen LogP contribution in [0.25, 0.3) is 10.8 Å². The van der Waals surface area contributed by atoms with Crippen molar-refractivity contribution in [2.24, 2.45) is 0 Å². The SMILES string of the molecule is N#Cc1ccc(Oc2ccc3cc(S(=O)(=O)O)cc(S(=O)(=O)O)c3c2)cc1C#N. The Labute approximate surface area is 165 Å². The van der Waals surface area contributed by atoms with Crippen molar-refractivity contribution in [2.75, 3.05) is 0 Å². The summed E-state index contributed by atoms with van der Waals surface area (Å²) in [6, 6.07) is 13.5. The van der Waals surface area contributed by atoms with Crippen molar-refractivity contribution in [1.82, 2.24) is 0 Å². The molecule has 0 bridgehead atoms. The molecule has 0 spiro atoms. The second-order valence-corrected chi connectivity index (χ2v) is 8.60. The molecule has 0 atom stereocenters. The maximum atomic E-state index is 11.7. The van der Waals surface area contributed by atoms with Gasteiger partial charge < -0.3 is 4.74 Å². The summed E-state index contributed by atoms with van der Waals surface area (Å²) in [6.45, 7) is 0. The first kappa shape index (κ1) is 20.3. The van der Waals surface area contributed by atoms with Crippen molar-refractivity contribution >= 4 is 31.0 Å². The van der Waals surface area contributed by atoms with Crippen LogP contribution >= 0.6 is 0 Å². The average molecular weight is 430 g/mol. The summed E-state index contributed by atoms with van der Waals surface area (Å²) >= 11 is 0. The molecule has 3 aromatic rings. The van der Waals surface area contributed by atoms with E-state index in [9.17, 15) is 25.9 Å². The molecular formula is C18H10N2O7S2. The first-order valence-corrected chi connectivity index (χ1v) is 10.6. The third-order valence-corrected chi connectivity index (χ3v) is 5.63. The smallest absolute Gasteiger partial charge is 0.295 e. The van der Waals surface area contributed by atoms with E-state index in [-0.39, 0.29) is 33.4 Å². The maximum Gasteiger partial charge on any atom is 0.295 e. The van der Waals surface area contributed by atoms with Gasteiger partial charge in [0.15, 0.2) is 0 Å². The topological polar surface area (TPSA) is 166 Å². The molecule has 3 aromatic carbocycles. The molecule has 0 fully saturated rings. The van der Waals surface area contributed by atoms with Gasteiger partial charge in [-0.25, -0.2) is 0 Å². The van der Waals surface area contributed by atoms with Gasteiger partial charge in [-0.15, -0.1) is 0 Å². The van der Waals surface area contributed by atoms with Gasteiger partial charge in [-0.1, -0.05) is 6.07 Å². The number of nitrogens with zero attached hydrogens (tertiary/aromatic N) is 2. The largest absolute Gasteiger partial charge is 0.457 e. The van der Waals surface area contributed by atoms with E-state index in [4.69, 9.17) is 15.3 Å². The molecule has 0 amide bonds. The van der Waals surface area contributed by atoms with Crippen molar-refractivity contribution in [3.63, 3.8) is 0 Å². The molecule has 0 unspecified atom stereocenters. The Morgan fingerprint density at radius 3 is 1.97 bits per heavy atom. The summed E-state index contributed by atoms with van der Waals surface area (Å²) in [6.07, 6.45) is 0. The van der Waals surface area contributed by atoms with Gasteiger partial charge in [-0.2, -0.15) is 27.4 Å². The number of hydrogen-bond donors (Lipinski definition) is 2. The normalized spacial score (nSPS) is 11.6. The molecule has 0 aliphatic rings. The third-order valence-electron chi connectivity index (χ3n) is 3.90. The van der Waals surface area contributed by atoms with E-state index >= 15 is 0 Å². The molecule has 0 saturated heterocycles. The molecule has 3 rings (SSSR count). The Hall–Kier alpha value is -3.48. The number of benzene rings is 3. The van der Waals surface area contributed by atoms with Crippen LogP contribution in [-0.4, -0.2) is 25.9 Å². The van der Waals surface area contributed by atoms with E-state index in [1.165, 1.54) is 36.4 Å². The fraction of sp³-hybridized carbons (Fsp3) is 0. The Kier molecular flexibility index (Phi) is 5.00. The third kappa shape index (κ3) is 4.18. The van der Waals surface area contributed by atoms with Crippen LogP contribution in [0.1, 0.15) is 11.1 Å². The zero-order valence-corrected chi connectivity index (χ0v) is 15.9. The number of fused-ring (bicyclic) bond motifs is 1. The number of hydrogen-bond acceptors (Lipinski definition) is 7. The van der Waals surface area contributed by atoms with Gasteiger partial charge in [0.1, 0.15) is 28.5 Å². The molecule has 0 heterocycles. The van der Waals surface area contributed by atoms with Crippen molar-refractivity contribution in [3.8, 4) is 23.6 Å². The highest BCUT2D eigenvalue weighted by Gasteiger charge is 2.21. The Morgan fingerprint density at radius 1 is 0.759 bits per heavy atom. The van der Waals surface area contributed by atoms with Crippen LogP contribution in [0.3, 0.4) is 0 Å². The van der Waals surface area contributed by atoms with Crippen LogP contribution in [-0.2, 0) is 20.2 Å². The highest BCUT2D eigenvalue weighted by atomic mass is 32.2. The molecule has 2 N–H and O–H groups in total. The minimum absolute atomic E-state index is 0.0495. The van der Waals surface area contributed by atoms with Gasteiger partial charge >= 0.3 is 0 Å². The molecule has 0 aliphatic carbocycles. The van der Waals surface area contributed by atoms with E-state index in [2.05, 4.69) is 0 Å². The number of nitriles is 2. The van der Waals surface area contributed by atoms with Gasteiger partial charge in [0.2, 0.25) is 0 Å². The van der Waals surface area contributed by atoms with E-state index in [1.54, 1.807) is 0 Å². The van der Waals surface area contributed by atoms with Crippen molar-refractivity contribution in [2.45, 2.75) is 9.79 Å². The predicted octanol–water partition coefficient (Wildman–Crippen LogP) is 2.87. The summed E-state index contributed by atoms with van der Waals surface area (Å²) in [4.78, 5) is -1.43. The minimum Gasteiger partial charge on any atom is -0.457 e. The Bertz CT molecular complexity index is 1450. The van der Waals surface area contributed by atoms with E-state index in [0.29, 0.717) is 6.07 Å². The first-order valence-electron chi connectivity index (χ1n) is 7.68. The Balaban J connectivity index is 2.16. The van der Waals surface area contributed by atoms with E-state index in [0.717, 1.165) is 6.07 Å². The van der Waals surface area contributed by atoms with Crippen LogP contribution in [0.5, 0.6) is 11.5 Å². The molecular weight excluding hydrogens is 420 g/mol. The fourth-order valence-electron chi connectivity index (χ4n) is 2.62. The Morgan fingerprint density at radius 2 is 1.38 bits per heavy atom. The van der Waals surface area contributed by atoms with Gasteiger partial charge in [-0.3, -0.25) is 9.11 Å². The lowest BCUT2D eigenvalue weighted by Gasteiger charge is -2.10. The van der Waals surface area contributed by atoms with Gasteiger partial charge in [0.05, 0.1) is 16.0 Å². The molecule has 0 aromatic heterocycles. The molecule has 0 radical (unpaired) electrons. The van der Waals surface area contributed by atoms with Crippen LogP contribution in [0, 0.1) is 22.7 Å². The molecule has 0 aliphatic heterocycles. The van der Waals surface area contributed by atoms with Crippen molar-refractivity contribution < 1.29 is 30.7 Å². The second-order valence-electron chi connectivity index (χ2n) is 5.79. The van der Waals surface area contributed by atoms with Crippen LogP contribution in [0.15, 0.2) is 58.3 Å². The predicted molar refractivity (Wildman–Crippen MR) is 99.5 cm³/mol. The zero-order chi connectivity index (χ0) is 21.4. The molecule has 146 valence electrons. The lowest BCUT2D eigenvalue weighted by Crippen LogP contribution is -2.04. The summed E-state index contributed by atoms with van der Waals surface area (Å²) < 4.78 is 70.5. The highest BCUT2D eigenvalue weighted by Crippen LogP contribution is 2.32. The average Bonchev–Trinajstić information content (AvgIpc) is 2.65. The lowest BCUT2D eigenvalue weighted by atomic mass is 10.1. The summed E-state index contributed by atoms with van der Waals surface area (Å²) in [5.41, 5.74) is 0.243. The maximum absolute atomic E-state index is 11.7. The fourth-order valence-corrected chi connectivity index (χ4v) is 3.96. The summed E-state index contributed by atoms with van der Waals surface area (Å²) in [5, 5.41) is 18.1. The van der Waals surface area contributed by atoms with Gasteiger partial charge in [0.25, 0.3) is 20.2 Å². The summed E-state index contributed by atoms with van der Waals surface area (Å²) in [5.74, 6) is 0.318. The molecule has 29 heavy (non-hydrogen) atoms. The van der Waals surface area contributed by atoms with Crippen molar-refractivity contribution in [3.05, 3.63) is 59.7 Å². The van der Waals surface area contributed by atoms with E-state index < -0.39 is 30.0 Å². The zero-order valence-electron chi connectivity index (χ0n) is 14.3. The van der Waals surface area contributed by atoms with Gasteiger partial charge in [0, 0.05) is 5.39 Å². The summed E-state index contributed by atoms with van der Waals surface area (Å²) in [7, 11) is -9.55. The highest BCUT2D eigenvalue weighted by molar-refractivity contribution is 7.86.